The van der Waals surface area contributed by atoms with Crippen LogP contribution >= 0.6 is 0 Å². The van der Waals surface area contributed by atoms with Crippen molar-refractivity contribution in [3.63, 3.8) is 0 Å². The molecule has 0 rings (SSSR count). The van der Waals surface area contributed by atoms with Crippen molar-refractivity contribution in [3.8, 4) is 12.3 Å². The molecule has 0 aliphatic rings. The maximum absolute atomic E-state index is 11.7. The van der Waals surface area contributed by atoms with Crippen LogP contribution in [0.25, 0.3) is 0 Å². The molecule has 0 aliphatic carbocycles. The van der Waals surface area contributed by atoms with E-state index in [1.54, 1.807) is 0 Å². The Bertz CT molecular complexity index is 299. The standard InChI is InChI=1S/C7H9F3O3S/c1-2-3-4-5-6-13-14(11,12)7(8,9)10/h1H,3-6H2. The van der Waals surface area contributed by atoms with E-state index in [4.69, 9.17) is 6.42 Å². The summed E-state index contributed by atoms with van der Waals surface area (Å²) >= 11 is 0. The Hall–Kier alpha value is -0.740. The summed E-state index contributed by atoms with van der Waals surface area (Å²) in [5.41, 5.74) is -5.35. The molecule has 0 aromatic carbocycles. The van der Waals surface area contributed by atoms with Crippen LogP contribution in [0.5, 0.6) is 0 Å². The fraction of sp³-hybridized carbons (Fsp3) is 0.714. The molecule has 0 aromatic heterocycles. The lowest BCUT2D eigenvalue weighted by atomic mass is 10.2. The van der Waals surface area contributed by atoms with Gasteiger partial charge in [0, 0.05) is 6.42 Å². The zero-order valence-corrected chi connectivity index (χ0v) is 7.99. The van der Waals surface area contributed by atoms with E-state index in [1.165, 1.54) is 0 Å². The first-order valence-corrected chi connectivity index (χ1v) is 5.11. The van der Waals surface area contributed by atoms with Crippen LogP contribution in [-0.4, -0.2) is 20.5 Å². The second-order valence-corrected chi connectivity index (χ2v) is 3.99. The zero-order valence-electron chi connectivity index (χ0n) is 7.17. The molecule has 0 unspecified atom stereocenters. The number of rotatable bonds is 5. The molecule has 3 nitrogen and oxygen atoms in total. The van der Waals surface area contributed by atoms with Gasteiger partial charge in [0.15, 0.2) is 0 Å². The topological polar surface area (TPSA) is 43.4 Å². The zero-order chi connectivity index (χ0) is 11.2. The van der Waals surface area contributed by atoms with Crippen molar-refractivity contribution >= 4 is 10.1 Å². The molecule has 0 aromatic rings. The summed E-state index contributed by atoms with van der Waals surface area (Å²) in [6, 6.07) is 0. The van der Waals surface area contributed by atoms with Gasteiger partial charge in [0.05, 0.1) is 6.61 Å². The number of alkyl halides is 3. The largest absolute Gasteiger partial charge is 0.523 e. The Morgan fingerprint density at radius 1 is 1.29 bits per heavy atom. The van der Waals surface area contributed by atoms with Gasteiger partial charge in [-0.2, -0.15) is 21.6 Å². The highest BCUT2D eigenvalue weighted by Crippen LogP contribution is 2.24. The van der Waals surface area contributed by atoms with Crippen LogP contribution in [0.15, 0.2) is 0 Å². The molecule has 0 bridgehead atoms. The average Bonchev–Trinajstić information content (AvgIpc) is 2.02. The van der Waals surface area contributed by atoms with Crippen LogP contribution in [0.4, 0.5) is 13.2 Å². The lowest BCUT2D eigenvalue weighted by molar-refractivity contribution is -0.0542. The first kappa shape index (κ1) is 13.3. The first-order valence-electron chi connectivity index (χ1n) is 3.70. The highest BCUT2D eigenvalue weighted by atomic mass is 32.2. The molecule has 0 spiro atoms. The minimum absolute atomic E-state index is 0.180. The maximum atomic E-state index is 11.7. The van der Waals surface area contributed by atoms with Crippen molar-refractivity contribution in [2.45, 2.75) is 24.8 Å². The molecule has 0 aliphatic heterocycles. The third-order valence-electron chi connectivity index (χ3n) is 1.24. The third-order valence-corrected chi connectivity index (χ3v) is 2.28. The molecule has 0 heterocycles. The quantitative estimate of drug-likeness (QED) is 0.312. The maximum Gasteiger partial charge on any atom is 0.523 e. The van der Waals surface area contributed by atoms with Gasteiger partial charge < -0.3 is 0 Å². The van der Waals surface area contributed by atoms with E-state index in [9.17, 15) is 21.6 Å². The van der Waals surface area contributed by atoms with Gasteiger partial charge in [-0.15, -0.1) is 12.3 Å². The summed E-state index contributed by atoms with van der Waals surface area (Å²) in [6.45, 7) is -0.497. The molecule has 0 N–H and O–H groups in total. The Morgan fingerprint density at radius 2 is 1.86 bits per heavy atom. The highest BCUT2D eigenvalue weighted by Gasteiger charge is 2.47. The average molecular weight is 230 g/mol. The van der Waals surface area contributed by atoms with Gasteiger partial charge in [0.2, 0.25) is 0 Å². The van der Waals surface area contributed by atoms with Crippen molar-refractivity contribution in [3.05, 3.63) is 0 Å². The Balaban J connectivity index is 3.87. The van der Waals surface area contributed by atoms with E-state index in [-0.39, 0.29) is 6.42 Å². The molecule has 0 fully saturated rings. The van der Waals surface area contributed by atoms with Crippen molar-refractivity contribution in [2.75, 3.05) is 6.61 Å². The van der Waals surface area contributed by atoms with Crippen molar-refractivity contribution in [1.29, 1.82) is 0 Å². The van der Waals surface area contributed by atoms with E-state index < -0.39 is 22.2 Å². The smallest absolute Gasteiger partial charge is 0.263 e. The predicted octanol–water partition coefficient (Wildman–Crippen LogP) is 1.66. The van der Waals surface area contributed by atoms with Gasteiger partial charge in [0.1, 0.15) is 0 Å². The summed E-state index contributed by atoms with van der Waals surface area (Å²) in [5, 5.41) is 0. The molecule has 0 amide bonds. The number of unbranched alkanes of at least 4 members (excludes halogenated alkanes) is 2. The number of terminal acetylenes is 1. The summed E-state index contributed by atoms with van der Waals surface area (Å²) in [4.78, 5) is 0. The normalized spacial score (nSPS) is 12.4. The predicted molar refractivity (Wildman–Crippen MR) is 43.6 cm³/mol. The van der Waals surface area contributed by atoms with Crippen LogP contribution in [0.1, 0.15) is 19.3 Å². The van der Waals surface area contributed by atoms with Crippen LogP contribution in [0, 0.1) is 12.3 Å². The van der Waals surface area contributed by atoms with Crippen LogP contribution in [0.2, 0.25) is 0 Å². The summed E-state index contributed by atoms with van der Waals surface area (Å²) < 4.78 is 59.3. The Morgan fingerprint density at radius 3 is 2.29 bits per heavy atom. The molecule has 7 heteroatoms. The summed E-state index contributed by atoms with van der Waals surface area (Å²) in [7, 11) is -5.44. The molecule has 0 radical (unpaired) electrons. The van der Waals surface area contributed by atoms with E-state index in [0.29, 0.717) is 12.8 Å². The lowest BCUT2D eigenvalue weighted by Gasteiger charge is -2.07. The second kappa shape index (κ2) is 5.22. The molecule has 0 atom stereocenters. The van der Waals surface area contributed by atoms with Gasteiger partial charge in [0.25, 0.3) is 0 Å². The van der Waals surface area contributed by atoms with E-state index in [1.807, 2.05) is 0 Å². The monoisotopic (exact) mass is 230 g/mol. The highest BCUT2D eigenvalue weighted by molar-refractivity contribution is 7.87. The molecular formula is C7H9F3O3S. The molecule has 0 saturated heterocycles. The van der Waals surface area contributed by atoms with E-state index >= 15 is 0 Å². The van der Waals surface area contributed by atoms with Gasteiger partial charge in [-0.25, -0.2) is 0 Å². The van der Waals surface area contributed by atoms with Gasteiger partial charge in [-0.05, 0) is 12.8 Å². The number of halogens is 3. The minimum Gasteiger partial charge on any atom is -0.263 e. The van der Waals surface area contributed by atoms with Gasteiger partial charge in [-0.1, -0.05) is 0 Å². The number of hydrogen-bond acceptors (Lipinski definition) is 3. The van der Waals surface area contributed by atoms with E-state index in [0.717, 1.165) is 0 Å². The van der Waals surface area contributed by atoms with Crippen LogP contribution in [-0.2, 0) is 14.3 Å². The van der Waals surface area contributed by atoms with Gasteiger partial charge in [-0.3, -0.25) is 4.18 Å². The van der Waals surface area contributed by atoms with Gasteiger partial charge >= 0.3 is 15.6 Å². The molecule has 14 heavy (non-hydrogen) atoms. The second-order valence-electron chi connectivity index (χ2n) is 2.38. The number of hydrogen-bond donors (Lipinski definition) is 0. The van der Waals surface area contributed by atoms with Crippen molar-refractivity contribution in [1.82, 2.24) is 0 Å². The third kappa shape index (κ3) is 4.48. The summed E-state index contributed by atoms with van der Waals surface area (Å²) in [5.74, 6) is 2.27. The molecular weight excluding hydrogens is 221 g/mol. The van der Waals surface area contributed by atoms with E-state index in [2.05, 4.69) is 10.1 Å². The molecule has 0 saturated carbocycles. The fourth-order valence-electron chi connectivity index (χ4n) is 0.565. The first-order chi connectivity index (χ1) is 6.31. The lowest BCUT2D eigenvalue weighted by Crippen LogP contribution is -2.25. The molecule has 82 valence electrons. The van der Waals surface area contributed by atoms with Crippen LogP contribution in [0.3, 0.4) is 0 Å². The van der Waals surface area contributed by atoms with Crippen molar-refractivity contribution in [2.24, 2.45) is 0 Å². The Labute approximate surface area is 80.4 Å². The fourth-order valence-corrected chi connectivity index (χ4v) is 1.04. The van der Waals surface area contributed by atoms with Crippen molar-refractivity contribution < 1.29 is 25.8 Å². The van der Waals surface area contributed by atoms with Crippen LogP contribution < -0.4 is 0 Å². The Kier molecular flexibility index (Phi) is 4.94. The summed E-state index contributed by atoms with van der Waals surface area (Å²) in [6.07, 6.45) is 5.88. The minimum atomic E-state index is -5.44. The SMILES string of the molecule is C#CCCCCOS(=O)(=O)C(F)(F)F.